The van der Waals surface area contributed by atoms with Gasteiger partial charge in [-0.05, 0) is 42.2 Å². The van der Waals surface area contributed by atoms with Gasteiger partial charge >= 0.3 is 0 Å². The van der Waals surface area contributed by atoms with E-state index in [1.807, 2.05) is 71.6 Å². The first-order valence-electron chi connectivity index (χ1n) is 14.9. The minimum atomic E-state index is -1.79. The Bertz CT molecular complexity index is 1470. The molecule has 2 aliphatic heterocycles. The molecule has 1 fully saturated rings. The molecule has 0 spiro atoms. The average molecular weight is 582 g/mol. The van der Waals surface area contributed by atoms with Gasteiger partial charge in [0, 0.05) is 49.6 Å². The molecule has 5 rings (SSSR count). The molecule has 2 aliphatic rings. The number of anilines is 2. The number of carbonyl (C=O) groups is 3. The van der Waals surface area contributed by atoms with Crippen LogP contribution in [0.5, 0.6) is 0 Å². The first-order chi connectivity index (χ1) is 20.8. The van der Waals surface area contributed by atoms with Crippen LogP contribution in [-0.2, 0) is 33.1 Å². The van der Waals surface area contributed by atoms with E-state index in [0.717, 1.165) is 29.7 Å². The number of fused-ring (bicyclic) bond motifs is 1. The summed E-state index contributed by atoms with van der Waals surface area (Å²) in [6.45, 7) is 3.24. The number of hydrogen-bond donors (Lipinski definition) is 2. The van der Waals surface area contributed by atoms with E-state index in [4.69, 9.17) is 0 Å². The van der Waals surface area contributed by atoms with Gasteiger partial charge in [0.05, 0.1) is 18.8 Å². The van der Waals surface area contributed by atoms with Crippen LogP contribution in [0, 0.1) is 5.92 Å². The van der Waals surface area contributed by atoms with Crippen LogP contribution < -0.4 is 9.80 Å². The van der Waals surface area contributed by atoms with E-state index in [1.165, 1.54) is 0 Å². The van der Waals surface area contributed by atoms with Gasteiger partial charge in [0.25, 0.3) is 5.91 Å². The minimum Gasteiger partial charge on any atom is -0.395 e. The van der Waals surface area contributed by atoms with E-state index < -0.39 is 17.4 Å². The summed E-state index contributed by atoms with van der Waals surface area (Å²) in [5.41, 5.74) is 2.11. The van der Waals surface area contributed by atoms with E-state index in [2.05, 4.69) is 0 Å². The number of amides is 3. The van der Waals surface area contributed by atoms with Crippen LogP contribution in [0.1, 0.15) is 49.3 Å². The summed E-state index contributed by atoms with van der Waals surface area (Å²) < 4.78 is 0. The molecule has 3 aromatic rings. The number of rotatable bonds is 11. The third-order valence-electron chi connectivity index (χ3n) is 8.40. The highest BCUT2D eigenvalue weighted by atomic mass is 16.3. The van der Waals surface area contributed by atoms with Gasteiger partial charge in [-0.15, -0.1) is 0 Å². The molecule has 0 bridgehead atoms. The Kier molecular flexibility index (Phi) is 9.38. The third-order valence-corrected chi connectivity index (χ3v) is 8.40. The van der Waals surface area contributed by atoms with Crippen LogP contribution in [0.3, 0.4) is 0 Å². The van der Waals surface area contributed by atoms with Crippen LogP contribution >= 0.6 is 0 Å². The lowest BCUT2D eigenvalue weighted by Gasteiger charge is -2.28. The maximum absolute atomic E-state index is 13.9. The molecule has 43 heavy (non-hydrogen) atoms. The molecule has 2 N–H and O–H groups in total. The van der Waals surface area contributed by atoms with Crippen LogP contribution in [0.15, 0.2) is 91.0 Å². The molecule has 224 valence electrons. The zero-order valence-electron chi connectivity index (χ0n) is 24.6. The van der Waals surface area contributed by atoms with Gasteiger partial charge in [-0.3, -0.25) is 14.4 Å². The highest BCUT2D eigenvalue weighted by Crippen LogP contribution is 2.45. The smallest absolute Gasteiger partial charge is 0.264 e. The maximum atomic E-state index is 13.9. The molecule has 8 heteroatoms. The van der Waals surface area contributed by atoms with E-state index in [0.29, 0.717) is 30.8 Å². The number of hydrogen-bond acceptors (Lipinski definition) is 5. The number of benzene rings is 3. The van der Waals surface area contributed by atoms with E-state index in [-0.39, 0.29) is 37.9 Å². The highest BCUT2D eigenvalue weighted by molar-refractivity contribution is 6.07. The Hall–Kier alpha value is -4.27. The molecule has 0 unspecified atom stereocenters. The summed E-state index contributed by atoms with van der Waals surface area (Å²) in [6.07, 6.45) is 5.97. The summed E-state index contributed by atoms with van der Waals surface area (Å²) in [5, 5.41) is 21.4. The zero-order chi connectivity index (χ0) is 30.4. The van der Waals surface area contributed by atoms with Crippen LogP contribution in [0.25, 0.3) is 0 Å². The first kappa shape index (κ1) is 30.2. The fraction of sp³-hybridized carbons (Fsp3) is 0.343. The van der Waals surface area contributed by atoms with Crippen molar-refractivity contribution in [2.75, 3.05) is 29.5 Å². The third kappa shape index (κ3) is 6.40. The Morgan fingerprint density at radius 2 is 1.70 bits per heavy atom. The number of para-hydroxylation sites is 1. The summed E-state index contributed by atoms with van der Waals surface area (Å²) in [5.74, 6) is -1.04. The monoisotopic (exact) mass is 581 g/mol. The van der Waals surface area contributed by atoms with Gasteiger partial charge in [0.15, 0.2) is 5.60 Å². The maximum Gasteiger partial charge on any atom is 0.264 e. The second-order valence-corrected chi connectivity index (χ2v) is 11.3. The molecule has 0 saturated carbocycles. The van der Waals surface area contributed by atoms with E-state index in [9.17, 15) is 24.6 Å². The lowest BCUT2D eigenvalue weighted by Crippen LogP contribution is -2.44. The topological polar surface area (TPSA) is 101 Å². The molecule has 3 amide bonds. The molecule has 2 atom stereocenters. The molecule has 0 radical (unpaired) electrons. The van der Waals surface area contributed by atoms with Crippen molar-refractivity contribution in [1.29, 1.82) is 0 Å². The second-order valence-electron chi connectivity index (χ2n) is 11.3. The standard InChI is InChI=1S/C35H39N3O5/c1-26(10-9-16-32(40)36(22-23-39)24-27-11-3-2-4-12-27)35(43)30-13-5-6-14-31(30)38(34(35)42)25-28-17-19-29(20-18-28)37-21-8-7-15-33(37)41/h2-6,9-14,17-20,26,39,43H,7-8,15-16,21-25H2,1H3/b10-9+/t26-,35+/m1/s1. The Labute approximate surface area is 252 Å². The molecule has 0 aliphatic carbocycles. The fourth-order valence-electron chi connectivity index (χ4n) is 5.96. The van der Waals surface area contributed by atoms with Crippen LogP contribution in [0.2, 0.25) is 0 Å². The van der Waals surface area contributed by atoms with Crippen molar-refractivity contribution in [3.05, 3.63) is 108 Å². The highest BCUT2D eigenvalue weighted by Gasteiger charge is 2.52. The summed E-state index contributed by atoms with van der Waals surface area (Å²) in [6, 6.07) is 24.5. The van der Waals surface area contributed by atoms with Gasteiger partial charge < -0.3 is 24.9 Å². The Morgan fingerprint density at radius 3 is 2.42 bits per heavy atom. The van der Waals surface area contributed by atoms with Crippen LogP contribution in [0.4, 0.5) is 11.4 Å². The molecule has 2 heterocycles. The van der Waals surface area contributed by atoms with Gasteiger partial charge in [-0.2, -0.15) is 0 Å². The van der Waals surface area contributed by atoms with E-state index >= 15 is 0 Å². The fourth-order valence-corrected chi connectivity index (χ4v) is 5.96. The quantitative estimate of drug-likeness (QED) is 0.324. The van der Waals surface area contributed by atoms with Gasteiger partial charge in [-0.25, -0.2) is 0 Å². The Morgan fingerprint density at radius 1 is 0.977 bits per heavy atom. The van der Waals surface area contributed by atoms with Crippen molar-refractivity contribution in [1.82, 2.24) is 4.90 Å². The SMILES string of the molecule is C[C@H](/C=C/CC(=O)N(CCO)Cc1ccccc1)[C@@]1(O)C(=O)N(Cc2ccc(N3CCCCC3=O)cc2)c2ccccc21. The zero-order valence-corrected chi connectivity index (χ0v) is 24.6. The molecule has 0 aromatic heterocycles. The number of aliphatic hydroxyl groups excluding tert-OH is 1. The first-order valence-corrected chi connectivity index (χ1v) is 14.9. The predicted molar refractivity (Wildman–Crippen MR) is 166 cm³/mol. The lowest BCUT2D eigenvalue weighted by molar-refractivity contribution is -0.139. The van der Waals surface area contributed by atoms with Crippen molar-refractivity contribution >= 4 is 29.1 Å². The Balaban J connectivity index is 1.28. The minimum absolute atomic E-state index is 0.0820. The summed E-state index contributed by atoms with van der Waals surface area (Å²) >= 11 is 0. The second kappa shape index (κ2) is 13.4. The molecule has 8 nitrogen and oxygen atoms in total. The van der Waals surface area contributed by atoms with E-state index in [1.54, 1.807) is 41.0 Å². The average Bonchev–Trinajstić information content (AvgIpc) is 3.24. The van der Waals surface area contributed by atoms with Crippen molar-refractivity contribution in [2.24, 2.45) is 5.92 Å². The van der Waals surface area contributed by atoms with Crippen molar-refractivity contribution in [3.8, 4) is 0 Å². The molecular formula is C35H39N3O5. The van der Waals surface area contributed by atoms with Crippen LogP contribution in [-0.4, -0.2) is 52.5 Å². The van der Waals surface area contributed by atoms with Crippen molar-refractivity contribution < 1.29 is 24.6 Å². The predicted octanol–water partition coefficient (Wildman–Crippen LogP) is 4.54. The molecular weight excluding hydrogens is 542 g/mol. The summed E-state index contributed by atoms with van der Waals surface area (Å²) in [7, 11) is 0. The normalized spacial score (nSPS) is 19.1. The number of piperidine rings is 1. The lowest BCUT2D eigenvalue weighted by atomic mass is 9.83. The van der Waals surface area contributed by atoms with Gasteiger partial charge in [0.2, 0.25) is 11.8 Å². The molecule has 1 saturated heterocycles. The number of nitrogens with zero attached hydrogens (tertiary/aromatic N) is 3. The number of aliphatic hydroxyl groups is 2. The largest absolute Gasteiger partial charge is 0.395 e. The van der Waals surface area contributed by atoms with Gasteiger partial charge in [-0.1, -0.05) is 79.7 Å². The number of carbonyl (C=O) groups excluding carboxylic acids is 3. The van der Waals surface area contributed by atoms with Crippen molar-refractivity contribution in [3.63, 3.8) is 0 Å². The summed E-state index contributed by atoms with van der Waals surface area (Å²) in [4.78, 5) is 44.2. The van der Waals surface area contributed by atoms with Crippen molar-refractivity contribution in [2.45, 2.75) is 51.3 Å². The van der Waals surface area contributed by atoms with Gasteiger partial charge in [0.1, 0.15) is 0 Å². The molecule has 3 aromatic carbocycles.